The van der Waals surface area contributed by atoms with Crippen LogP contribution in [0.25, 0.3) is 0 Å². The summed E-state index contributed by atoms with van der Waals surface area (Å²) in [5, 5.41) is 5.54. The van der Waals surface area contributed by atoms with Crippen molar-refractivity contribution in [1.82, 2.24) is 15.5 Å². The van der Waals surface area contributed by atoms with E-state index >= 15 is 0 Å². The van der Waals surface area contributed by atoms with E-state index in [0.29, 0.717) is 26.1 Å². The van der Waals surface area contributed by atoms with Crippen LogP contribution < -0.4 is 15.5 Å². The lowest BCUT2D eigenvalue weighted by atomic mass is 10.1. The number of rotatable bonds is 6. The number of amides is 3. The molecule has 1 aliphatic heterocycles. The van der Waals surface area contributed by atoms with E-state index in [-0.39, 0.29) is 17.8 Å². The van der Waals surface area contributed by atoms with Crippen LogP contribution in [-0.2, 0) is 11.2 Å². The monoisotopic (exact) mass is 398 g/mol. The molecule has 7 heteroatoms. The number of carbonyl (C=O) groups excluding carboxylic acids is 2. The van der Waals surface area contributed by atoms with Crippen LogP contribution in [0.15, 0.2) is 54.6 Å². The van der Waals surface area contributed by atoms with Crippen molar-refractivity contribution in [3.05, 3.63) is 66.0 Å². The average molecular weight is 398 g/mol. The van der Waals surface area contributed by atoms with Gasteiger partial charge >= 0.3 is 6.03 Å². The van der Waals surface area contributed by atoms with Gasteiger partial charge in [-0.1, -0.05) is 30.3 Å². The third kappa shape index (κ3) is 5.94. The largest absolute Gasteiger partial charge is 0.368 e. The smallest absolute Gasteiger partial charge is 0.318 e. The number of benzene rings is 2. The standard InChI is InChI=1S/C22H27FN4O2/c1-17(21(28)24-11-10-18-6-5-7-19(23)16-18)25-22(29)27-14-12-26(13-15-27)20-8-3-2-4-9-20/h2-9,16-17H,10-15H2,1H3,(H,24,28)(H,25,29)/t17-/m1/s1. The molecule has 2 N–H and O–H groups in total. The molecule has 0 aromatic heterocycles. The SMILES string of the molecule is C[C@@H](NC(=O)N1CCN(c2ccccc2)CC1)C(=O)NCCc1cccc(F)c1. The zero-order valence-electron chi connectivity index (χ0n) is 16.6. The summed E-state index contributed by atoms with van der Waals surface area (Å²) in [6, 6.07) is 15.5. The van der Waals surface area contributed by atoms with Crippen molar-refractivity contribution in [3.8, 4) is 0 Å². The minimum atomic E-state index is -0.637. The first-order valence-corrected chi connectivity index (χ1v) is 9.90. The summed E-state index contributed by atoms with van der Waals surface area (Å²) in [6.45, 7) is 4.77. The summed E-state index contributed by atoms with van der Waals surface area (Å²) in [6.07, 6.45) is 0.533. The summed E-state index contributed by atoms with van der Waals surface area (Å²) in [5.74, 6) is -0.542. The Balaban J connectivity index is 1.39. The van der Waals surface area contributed by atoms with Crippen molar-refractivity contribution in [2.75, 3.05) is 37.6 Å². The Kier molecular flexibility index (Phi) is 7.05. The molecule has 0 spiro atoms. The number of halogens is 1. The third-order valence-corrected chi connectivity index (χ3v) is 5.02. The van der Waals surface area contributed by atoms with Crippen molar-refractivity contribution in [2.24, 2.45) is 0 Å². The van der Waals surface area contributed by atoms with E-state index in [9.17, 15) is 14.0 Å². The van der Waals surface area contributed by atoms with E-state index < -0.39 is 6.04 Å². The van der Waals surface area contributed by atoms with Crippen molar-refractivity contribution < 1.29 is 14.0 Å². The van der Waals surface area contributed by atoms with E-state index in [1.165, 1.54) is 12.1 Å². The summed E-state index contributed by atoms with van der Waals surface area (Å²) in [5.41, 5.74) is 1.97. The first-order chi connectivity index (χ1) is 14.0. The van der Waals surface area contributed by atoms with Crippen LogP contribution in [0.2, 0.25) is 0 Å². The molecule has 154 valence electrons. The van der Waals surface area contributed by atoms with Gasteiger partial charge in [0.1, 0.15) is 11.9 Å². The van der Waals surface area contributed by atoms with Crippen LogP contribution in [0, 0.1) is 5.82 Å². The first kappa shape index (κ1) is 20.6. The van der Waals surface area contributed by atoms with Crippen LogP contribution in [-0.4, -0.2) is 55.6 Å². The van der Waals surface area contributed by atoms with Crippen LogP contribution in [0.1, 0.15) is 12.5 Å². The number of urea groups is 1. The van der Waals surface area contributed by atoms with E-state index in [2.05, 4.69) is 27.7 Å². The molecule has 29 heavy (non-hydrogen) atoms. The molecule has 0 aliphatic carbocycles. The molecule has 6 nitrogen and oxygen atoms in total. The lowest BCUT2D eigenvalue weighted by Gasteiger charge is -2.36. The fourth-order valence-corrected chi connectivity index (χ4v) is 3.32. The number of hydrogen-bond donors (Lipinski definition) is 2. The van der Waals surface area contributed by atoms with Crippen LogP contribution in [0.5, 0.6) is 0 Å². The van der Waals surface area contributed by atoms with Crippen molar-refractivity contribution in [1.29, 1.82) is 0 Å². The molecule has 1 aliphatic rings. The van der Waals surface area contributed by atoms with Crippen molar-refractivity contribution in [2.45, 2.75) is 19.4 Å². The maximum Gasteiger partial charge on any atom is 0.318 e. The molecule has 2 aromatic carbocycles. The molecule has 0 bridgehead atoms. The number of piperazine rings is 1. The molecule has 1 atom stereocenters. The van der Waals surface area contributed by atoms with E-state index in [0.717, 1.165) is 24.3 Å². The lowest BCUT2D eigenvalue weighted by molar-refractivity contribution is -0.122. The van der Waals surface area contributed by atoms with Gasteiger partial charge in [0, 0.05) is 38.4 Å². The molecule has 0 radical (unpaired) electrons. The second-order valence-corrected chi connectivity index (χ2v) is 7.15. The van der Waals surface area contributed by atoms with Gasteiger partial charge in [0.05, 0.1) is 0 Å². The molecular formula is C22H27FN4O2. The second kappa shape index (κ2) is 9.91. The molecule has 1 heterocycles. The summed E-state index contributed by atoms with van der Waals surface area (Å²) >= 11 is 0. The highest BCUT2D eigenvalue weighted by molar-refractivity contribution is 5.86. The zero-order chi connectivity index (χ0) is 20.6. The van der Waals surface area contributed by atoms with Gasteiger partial charge in [0.15, 0.2) is 0 Å². The second-order valence-electron chi connectivity index (χ2n) is 7.15. The Hall–Kier alpha value is -3.09. The summed E-state index contributed by atoms with van der Waals surface area (Å²) < 4.78 is 13.2. The quantitative estimate of drug-likeness (QED) is 0.786. The number of anilines is 1. The van der Waals surface area contributed by atoms with Gasteiger partial charge in [-0.15, -0.1) is 0 Å². The number of nitrogens with zero attached hydrogens (tertiary/aromatic N) is 2. The molecule has 0 unspecified atom stereocenters. The predicted molar refractivity (Wildman–Crippen MR) is 111 cm³/mol. The fraction of sp³-hybridized carbons (Fsp3) is 0.364. The number of carbonyl (C=O) groups is 2. The van der Waals surface area contributed by atoms with Crippen LogP contribution in [0.4, 0.5) is 14.9 Å². The maximum atomic E-state index is 13.2. The van der Waals surface area contributed by atoms with Gasteiger partial charge in [-0.05, 0) is 43.2 Å². The summed E-state index contributed by atoms with van der Waals surface area (Å²) in [7, 11) is 0. The van der Waals surface area contributed by atoms with Gasteiger partial charge in [-0.3, -0.25) is 4.79 Å². The minimum Gasteiger partial charge on any atom is -0.368 e. The molecule has 1 saturated heterocycles. The van der Waals surface area contributed by atoms with Gasteiger partial charge in [0.2, 0.25) is 5.91 Å². The van der Waals surface area contributed by atoms with Crippen LogP contribution >= 0.6 is 0 Å². The fourth-order valence-electron chi connectivity index (χ4n) is 3.32. The topological polar surface area (TPSA) is 64.7 Å². The normalized spacial score (nSPS) is 15.0. The summed E-state index contributed by atoms with van der Waals surface area (Å²) in [4.78, 5) is 28.7. The molecular weight excluding hydrogens is 371 g/mol. The van der Waals surface area contributed by atoms with E-state index in [1.54, 1.807) is 17.9 Å². The van der Waals surface area contributed by atoms with E-state index in [4.69, 9.17) is 0 Å². The number of para-hydroxylation sites is 1. The Bertz CT molecular complexity index is 823. The van der Waals surface area contributed by atoms with Gasteiger partial charge in [-0.25, -0.2) is 9.18 Å². The van der Waals surface area contributed by atoms with E-state index in [1.807, 2.05) is 24.3 Å². The Morgan fingerprint density at radius 1 is 1.03 bits per heavy atom. The van der Waals surface area contributed by atoms with Crippen LogP contribution in [0.3, 0.4) is 0 Å². The molecule has 2 aromatic rings. The highest BCUT2D eigenvalue weighted by Crippen LogP contribution is 2.15. The minimum absolute atomic E-state index is 0.231. The molecule has 3 amide bonds. The highest BCUT2D eigenvalue weighted by atomic mass is 19.1. The molecule has 0 saturated carbocycles. The number of hydrogen-bond acceptors (Lipinski definition) is 3. The molecule has 3 rings (SSSR count). The van der Waals surface area contributed by atoms with Gasteiger partial charge in [-0.2, -0.15) is 0 Å². The predicted octanol–water partition coefficient (Wildman–Crippen LogP) is 2.40. The lowest BCUT2D eigenvalue weighted by Crippen LogP contribution is -2.55. The van der Waals surface area contributed by atoms with Crippen molar-refractivity contribution >= 4 is 17.6 Å². The highest BCUT2D eigenvalue weighted by Gasteiger charge is 2.24. The Morgan fingerprint density at radius 3 is 2.45 bits per heavy atom. The van der Waals surface area contributed by atoms with Gasteiger partial charge in [0.25, 0.3) is 0 Å². The first-order valence-electron chi connectivity index (χ1n) is 9.90. The van der Waals surface area contributed by atoms with Gasteiger partial charge < -0.3 is 20.4 Å². The average Bonchev–Trinajstić information content (AvgIpc) is 2.74. The zero-order valence-corrected chi connectivity index (χ0v) is 16.6. The Morgan fingerprint density at radius 2 is 1.76 bits per heavy atom. The number of nitrogens with one attached hydrogen (secondary N) is 2. The molecule has 1 fully saturated rings. The third-order valence-electron chi connectivity index (χ3n) is 5.02. The van der Waals surface area contributed by atoms with Crippen molar-refractivity contribution in [3.63, 3.8) is 0 Å². The maximum absolute atomic E-state index is 13.2. The Labute approximate surface area is 170 Å².